The zero-order chi connectivity index (χ0) is 37.8. The summed E-state index contributed by atoms with van der Waals surface area (Å²) in [6, 6.07) is 68.8. The number of benzene rings is 7. The van der Waals surface area contributed by atoms with E-state index in [1.165, 1.54) is 15.6 Å². The van der Waals surface area contributed by atoms with E-state index in [1.807, 2.05) is 6.07 Å². The van der Waals surface area contributed by atoms with E-state index in [-0.39, 0.29) is 0 Å². The fourth-order valence-electron chi connectivity index (χ4n) is 8.81. The van der Waals surface area contributed by atoms with Crippen molar-refractivity contribution in [2.24, 2.45) is 0 Å². The van der Waals surface area contributed by atoms with Crippen LogP contribution in [0.25, 0.3) is 66.6 Å². The highest BCUT2D eigenvalue weighted by molar-refractivity contribution is 7.19. The average Bonchev–Trinajstić information content (AvgIpc) is 3.81. The average molecular weight is 747 g/mol. The lowest BCUT2D eigenvalue weighted by molar-refractivity contribution is 0.999. The number of fused-ring (bicyclic) bond motifs is 6. The van der Waals surface area contributed by atoms with Gasteiger partial charge in [0.25, 0.3) is 0 Å². The van der Waals surface area contributed by atoms with Crippen molar-refractivity contribution >= 4 is 72.7 Å². The van der Waals surface area contributed by atoms with Gasteiger partial charge in [-0.25, -0.2) is 19.9 Å². The van der Waals surface area contributed by atoms with Crippen molar-refractivity contribution in [2.45, 2.75) is 0 Å². The maximum absolute atomic E-state index is 5.94. The Kier molecular flexibility index (Phi) is 7.72. The third-order valence-electron chi connectivity index (χ3n) is 11.2. The van der Waals surface area contributed by atoms with E-state index in [0.29, 0.717) is 5.82 Å². The van der Waals surface area contributed by atoms with Crippen LogP contribution in [0.2, 0.25) is 0 Å². The van der Waals surface area contributed by atoms with Gasteiger partial charge in [0.1, 0.15) is 11.0 Å². The van der Waals surface area contributed by atoms with Gasteiger partial charge >= 0.3 is 0 Å². The van der Waals surface area contributed by atoms with Gasteiger partial charge in [-0.05, 0) is 45.9 Å². The highest BCUT2D eigenvalue weighted by Crippen LogP contribution is 2.39. The second-order valence-corrected chi connectivity index (χ2v) is 17.9. The monoisotopic (exact) mass is 746 g/mol. The zero-order valence-electron chi connectivity index (χ0n) is 30.8. The summed E-state index contributed by atoms with van der Waals surface area (Å²) in [6.07, 6.45) is 3.61. The third kappa shape index (κ3) is 5.03. The van der Waals surface area contributed by atoms with Crippen molar-refractivity contribution in [3.05, 3.63) is 207 Å². The van der Waals surface area contributed by atoms with Crippen LogP contribution in [0.15, 0.2) is 207 Å². The van der Waals surface area contributed by atoms with E-state index in [2.05, 4.69) is 197 Å². The Morgan fingerprint density at radius 2 is 0.649 bits per heavy atom. The second kappa shape index (κ2) is 13.4. The van der Waals surface area contributed by atoms with Crippen LogP contribution in [0.1, 0.15) is 0 Å². The lowest BCUT2D eigenvalue weighted by atomic mass is 10.2. The molecule has 0 aliphatic heterocycles. The Hall–Kier alpha value is -7.48. The van der Waals surface area contributed by atoms with Gasteiger partial charge in [-0.2, -0.15) is 0 Å². The van der Waals surface area contributed by atoms with Gasteiger partial charge in [0, 0.05) is 33.9 Å². The maximum atomic E-state index is 5.94. The molecule has 0 bridgehead atoms. The molecule has 0 spiro atoms. The lowest BCUT2D eigenvalue weighted by Gasteiger charge is -2.33. The number of hydrogen-bond donors (Lipinski definition) is 0. The van der Waals surface area contributed by atoms with Crippen molar-refractivity contribution in [2.75, 3.05) is 0 Å². The number of rotatable bonds is 7. The quantitative estimate of drug-likeness (QED) is 0.121. The Balaban J connectivity index is 1.42. The summed E-state index contributed by atoms with van der Waals surface area (Å²) in [6.45, 7) is 0. The van der Waals surface area contributed by atoms with Crippen molar-refractivity contribution in [3.8, 4) is 23.0 Å². The smallest absolute Gasteiger partial charge is 0.226 e. The Labute approximate surface area is 330 Å². The molecule has 0 saturated carbocycles. The molecule has 0 aliphatic carbocycles. The molecule has 0 amide bonds. The molecule has 0 fully saturated rings. The van der Waals surface area contributed by atoms with Gasteiger partial charge in [-0.1, -0.05) is 164 Å². The largest absolute Gasteiger partial charge is 0.293 e. The van der Waals surface area contributed by atoms with E-state index in [9.17, 15) is 0 Å². The molecule has 7 heteroatoms. The van der Waals surface area contributed by atoms with Crippen LogP contribution < -0.4 is 21.0 Å². The molecule has 57 heavy (non-hydrogen) atoms. The van der Waals surface area contributed by atoms with Crippen LogP contribution in [0.4, 0.5) is 0 Å². The SMILES string of the molecule is c1ccc([Si](c2ccccc2)(c2ccccc2)c2nc(-n3c4ccccc4c4ccccc43)c(-c3ncccn3)c(-n3c4ccccc4c4ccccc43)n2)cc1. The predicted octanol–water partition coefficient (Wildman–Crippen LogP) is 8.51. The van der Waals surface area contributed by atoms with Gasteiger partial charge in [0.05, 0.1) is 22.1 Å². The molecule has 0 atom stereocenters. The molecule has 0 aliphatic rings. The first-order valence-electron chi connectivity index (χ1n) is 19.2. The van der Waals surface area contributed by atoms with Gasteiger partial charge in [0.15, 0.2) is 17.5 Å². The summed E-state index contributed by atoms with van der Waals surface area (Å²) in [5.74, 6) is 1.99. The number of aromatic nitrogens is 6. The molecular formula is C50H34N6Si. The molecule has 0 N–H and O–H groups in total. The lowest BCUT2D eigenvalue weighted by Crippen LogP contribution is -2.76. The fraction of sp³-hybridized carbons (Fsp3) is 0. The zero-order valence-corrected chi connectivity index (χ0v) is 31.8. The molecule has 4 aromatic heterocycles. The van der Waals surface area contributed by atoms with E-state index in [0.717, 1.165) is 66.3 Å². The summed E-state index contributed by atoms with van der Waals surface area (Å²) in [5, 5.41) is 8.13. The van der Waals surface area contributed by atoms with E-state index in [1.54, 1.807) is 12.4 Å². The van der Waals surface area contributed by atoms with Crippen LogP contribution in [0.3, 0.4) is 0 Å². The first kappa shape index (κ1) is 32.9. The number of para-hydroxylation sites is 4. The minimum Gasteiger partial charge on any atom is -0.293 e. The molecule has 0 radical (unpaired) electrons. The fourth-order valence-corrected chi connectivity index (χ4v) is 13.2. The van der Waals surface area contributed by atoms with Gasteiger partial charge in [-0.3, -0.25) is 9.13 Å². The minimum atomic E-state index is -3.27. The Morgan fingerprint density at radius 1 is 0.333 bits per heavy atom. The topological polar surface area (TPSA) is 61.4 Å². The summed E-state index contributed by atoms with van der Waals surface area (Å²) in [7, 11) is -3.27. The molecule has 0 saturated heterocycles. The Morgan fingerprint density at radius 3 is 1.00 bits per heavy atom. The molecule has 268 valence electrons. The molecule has 6 nitrogen and oxygen atoms in total. The molecule has 11 rings (SSSR count). The standard InChI is InChI=1S/C50H34N6Si/c1-4-19-35(20-5-1)57(36-21-6-2-7-22-36,37-23-8-3-9-24-37)50-53-48(55-42-29-14-10-25-38(42)39-26-11-15-30-43(39)55)46(47-51-33-18-34-52-47)49(54-50)56-44-31-16-12-27-40(44)41-28-13-17-32-45(41)56/h1-34H. The van der Waals surface area contributed by atoms with Crippen LogP contribution in [-0.4, -0.2) is 37.1 Å². The van der Waals surface area contributed by atoms with Crippen LogP contribution in [0.5, 0.6) is 0 Å². The van der Waals surface area contributed by atoms with Crippen molar-refractivity contribution < 1.29 is 0 Å². The predicted molar refractivity (Wildman–Crippen MR) is 235 cm³/mol. The maximum Gasteiger partial charge on any atom is 0.226 e. The van der Waals surface area contributed by atoms with Gasteiger partial charge in [0.2, 0.25) is 8.07 Å². The van der Waals surface area contributed by atoms with Crippen molar-refractivity contribution in [1.82, 2.24) is 29.1 Å². The minimum absolute atomic E-state index is 0.546. The molecule has 0 unspecified atom stereocenters. The van der Waals surface area contributed by atoms with Crippen LogP contribution in [-0.2, 0) is 0 Å². The van der Waals surface area contributed by atoms with E-state index < -0.39 is 8.07 Å². The summed E-state index contributed by atoms with van der Waals surface area (Å²) >= 11 is 0. The summed E-state index contributed by atoms with van der Waals surface area (Å²) in [4.78, 5) is 21.8. The normalized spacial score (nSPS) is 11.9. The highest BCUT2D eigenvalue weighted by Gasteiger charge is 2.46. The van der Waals surface area contributed by atoms with Crippen molar-refractivity contribution in [1.29, 1.82) is 0 Å². The first-order chi connectivity index (χ1) is 28.3. The van der Waals surface area contributed by atoms with Crippen molar-refractivity contribution in [3.63, 3.8) is 0 Å². The molecule has 11 aromatic rings. The number of nitrogens with zero attached hydrogens (tertiary/aromatic N) is 6. The third-order valence-corrected chi connectivity index (χ3v) is 15.7. The Bertz CT molecular complexity index is 2900. The van der Waals surface area contributed by atoms with Crippen LogP contribution in [0, 0.1) is 0 Å². The second-order valence-electron chi connectivity index (χ2n) is 14.2. The number of hydrogen-bond acceptors (Lipinski definition) is 4. The summed E-state index contributed by atoms with van der Waals surface area (Å²) in [5.41, 5.74) is 5.68. The molecule has 7 aromatic carbocycles. The highest BCUT2D eigenvalue weighted by atomic mass is 28.3. The van der Waals surface area contributed by atoms with E-state index >= 15 is 0 Å². The summed E-state index contributed by atoms with van der Waals surface area (Å²) < 4.78 is 4.61. The first-order valence-corrected chi connectivity index (χ1v) is 21.2. The van der Waals surface area contributed by atoms with E-state index in [4.69, 9.17) is 19.9 Å². The molecular weight excluding hydrogens is 713 g/mol. The van der Waals surface area contributed by atoms with Crippen LogP contribution >= 0.6 is 0 Å². The van der Waals surface area contributed by atoms with Gasteiger partial charge in [-0.15, -0.1) is 0 Å². The molecule has 4 heterocycles. The van der Waals surface area contributed by atoms with Gasteiger partial charge < -0.3 is 0 Å².